The molecule has 0 radical (unpaired) electrons. The van der Waals surface area contributed by atoms with E-state index >= 15 is 0 Å². The summed E-state index contributed by atoms with van der Waals surface area (Å²) in [5.74, 6) is -0.320. The Balaban J connectivity index is 1.50. The zero-order valence-electron chi connectivity index (χ0n) is 19.5. The number of amides is 2. The molecule has 0 aliphatic carbocycles. The minimum atomic E-state index is -0.795. The van der Waals surface area contributed by atoms with Gasteiger partial charge in [-0.15, -0.1) is 0 Å². The van der Waals surface area contributed by atoms with E-state index in [0.717, 1.165) is 27.7 Å². The normalized spacial score (nSPS) is 12.2. The van der Waals surface area contributed by atoms with Crippen molar-refractivity contribution in [3.63, 3.8) is 0 Å². The van der Waals surface area contributed by atoms with Crippen LogP contribution in [0.5, 0.6) is 0 Å². The third kappa shape index (κ3) is 5.81. The molecule has 0 spiro atoms. The number of H-pyrrole nitrogens is 1. The van der Waals surface area contributed by atoms with Crippen molar-refractivity contribution in [2.45, 2.75) is 38.8 Å². The van der Waals surface area contributed by atoms with E-state index in [1.54, 1.807) is 27.0 Å². The molecule has 4 aromatic rings. The predicted octanol–water partition coefficient (Wildman–Crippen LogP) is 5.30. The van der Waals surface area contributed by atoms with E-state index in [1.165, 1.54) is 0 Å². The number of benzene rings is 2. The van der Waals surface area contributed by atoms with Crippen LogP contribution in [0.15, 0.2) is 79.1 Å². The van der Waals surface area contributed by atoms with Crippen molar-refractivity contribution in [1.82, 2.24) is 15.3 Å². The van der Waals surface area contributed by atoms with Gasteiger partial charge in [-0.2, -0.15) is 0 Å². The molecular formula is C27H28N4O3. The monoisotopic (exact) mass is 456 g/mol. The van der Waals surface area contributed by atoms with Crippen LogP contribution in [0.4, 0.5) is 10.5 Å². The molecule has 7 heteroatoms. The quantitative estimate of drug-likeness (QED) is 0.367. The van der Waals surface area contributed by atoms with Crippen molar-refractivity contribution in [3.8, 4) is 11.1 Å². The third-order valence-electron chi connectivity index (χ3n) is 5.21. The maximum Gasteiger partial charge on any atom is 0.408 e. The number of nitrogens with zero attached hydrogens (tertiary/aromatic N) is 1. The molecule has 2 heterocycles. The molecule has 0 aliphatic heterocycles. The predicted molar refractivity (Wildman–Crippen MR) is 133 cm³/mol. The summed E-state index contributed by atoms with van der Waals surface area (Å²) in [6.07, 6.45) is 3.33. The molecule has 0 fully saturated rings. The zero-order chi connectivity index (χ0) is 24.1. The summed E-state index contributed by atoms with van der Waals surface area (Å²) in [6, 6.07) is 20.3. The molecular weight excluding hydrogens is 428 g/mol. The highest BCUT2D eigenvalue weighted by Gasteiger charge is 2.25. The summed E-state index contributed by atoms with van der Waals surface area (Å²) in [6.45, 7) is 5.35. The smallest absolute Gasteiger partial charge is 0.408 e. The first-order chi connectivity index (χ1) is 16.3. The molecule has 7 nitrogen and oxygen atoms in total. The van der Waals surface area contributed by atoms with Gasteiger partial charge in [-0.3, -0.25) is 4.79 Å². The average molecular weight is 457 g/mol. The van der Waals surface area contributed by atoms with Crippen LogP contribution in [0.2, 0.25) is 0 Å². The summed E-state index contributed by atoms with van der Waals surface area (Å²) >= 11 is 0. The van der Waals surface area contributed by atoms with Gasteiger partial charge in [0.25, 0.3) is 0 Å². The van der Waals surface area contributed by atoms with E-state index in [-0.39, 0.29) is 5.91 Å². The molecule has 0 bridgehead atoms. The SMILES string of the molecule is CC(C)(C)OC(=O)N[C@H](Cc1ccccc1)C(=O)Nc1ccc(-c2ccnc3[nH]ccc23)cc1. The number of aromatic nitrogens is 2. The number of fused-ring (bicyclic) bond motifs is 1. The van der Waals surface area contributed by atoms with Crippen molar-refractivity contribution in [2.75, 3.05) is 5.32 Å². The Bertz CT molecular complexity index is 1270. The van der Waals surface area contributed by atoms with Crippen LogP contribution < -0.4 is 10.6 Å². The summed E-state index contributed by atoms with van der Waals surface area (Å²) in [4.78, 5) is 32.9. The van der Waals surface area contributed by atoms with Crippen molar-refractivity contribution in [1.29, 1.82) is 0 Å². The maximum atomic E-state index is 13.1. The fourth-order valence-electron chi connectivity index (χ4n) is 3.68. The Hall–Kier alpha value is -4.13. The van der Waals surface area contributed by atoms with Gasteiger partial charge in [0.15, 0.2) is 0 Å². The number of alkyl carbamates (subject to hydrolysis) is 1. The molecule has 4 rings (SSSR count). The van der Waals surface area contributed by atoms with Crippen LogP contribution in [0.25, 0.3) is 22.2 Å². The molecule has 174 valence electrons. The standard InChI is InChI=1S/C27H28N4O3/c1-27(2,3)34-26(33)31-23(17-18-7-5-4-6-8-18)25(32)30-20-11-9-19(10-12-20)21-13-15-28-24-22(21)14-16-29-24/h4-16,23H,17H2,1-3H3,(H,28,29)(H,30,32)(H,31,33)/t23-/m1/s1. The minimum absolute atomic E-state index is 0.320. The van der Waals surface area contributed by atoms with E-state index in [1.807, 2.05) is 72.9 Å². The molecule has 34 heavy (non-hydrogen) atoms. The molecule has 0 saturated carbocycles. The second-order valence-corrected chi connectivity index (χ2v) is 9.05. The molecule has 0 saturated heterocycles. The average Bonchev–Trinajstić information content (AvgIpc) is 3.28. The first-order valence-corrected chi connectivity index (χ1v) is 11.2. The number of hydrogen-bond acceptors (Lipinski definition) is 4. The van der Waals surface area contributed by atoms with E-state index in [0.29, 0.717) is 12.1 Å². The first-order valence-electron chi connectivity index (χ1n) is 11.2. The maximum absolute atomic E-state index is 13.1. The lowest BCUT2D eigenvalue weighted by Gasteiger charge is -2.23. The lowest BCUT2D eigenvalue weighted by Crippen LogP contribution is -2.47. The highest BCUT2D eigenvalue weighted by Crippen LogP contribution is 2.28. The number of nitrogens with one attached hydrogen (secondary N) is 3. The van der Waals surface area contributed by atoms with Crippen molar-refractivity contribution < 1.29 is 14.3 Å². The van der Waals surface area contributed by atoms with E-state index in [9.17, 15) is 9.59 Å². The van der Waals surface area contributed by atoms with Crippen molar-refractivity contribution in [2.24, 2.45) is 0 Å². The number of ether oxygens (including phenoxy) is 1. The number of aromatic amines is 1. The van der Waals surface area contributed by atoms with E-state index < -0.39 is 17.7 Å². The van der Waals surface area contributed by atoms with Crippen molar-refractivity contribution in [3.05, 3.63) is 84.7 Å². The fraction of sp³-hybridized carbons (Fsp3) is 0.222. The molecule has 0 aliphatic rings. The van der Waals surface area contributed by atoms with Crippen LogP contribution in [-0.2, 0) is 16.0 Å². The number of rotatable bonds is 6. The number of hydrogen-bond donors (Lipinski definition) is 3. The van der Waals surface area contributed by atoms with Gasteiger partial charge in [0.2, 0.25) is 5.91 Å². The van der Waals surface area contributed by atoms with Gasteiger partial charge in [-0.1, -0.05) is 42.5 Å². The fourth-order valence-corrected chi connectivity index (χ4v) is 3.68. The Kier molecular flexibility index (Phi) is 6.63. The topological polar surface area (TPSA) is 96.1 Å². The molecule has 3 N–H and O–H groups in total. The van der Waals surface area contributed by atoms with Gasteiger partial charge in [-0.05, 0) is 61.7 Å². The van der Waals surface area contributed by atoms with Gasteiger partial charge in [0, 0.05) is 29.9 Å². The lowest BCUT2D eigenvalue weighted by molar-refractivity contribution is -0.118. The largest absolute Gasteiger partial charge is 0.444 e. The zero-order valence-corrected chi connectivity index (χ0v) is 19.5. The summed E-state index contributed by atoms with van der Waals surface area (Å²) < 4.78 is 5.36. The van der Waals surface area contributed by atoms with Crippen LogP contribution in [0.1, 0.15) is 26.3 Å². The number of carbonyl (C=O) groups is 2. The highest BCUT2D eigenvalue weighted by atomic mass is 16.6. The second-order valence-electron chi connectivity index (χ2n) is 9.05. The molecule has 2 amide bonds. The summed E-state index contributed by atoms with van der Waals surface area (Å²) in [7, 11) is 0. The van der Waals surface area contributed by atoms with Crippen LogP contribution in [-0.4, -0.2) is 33.6 Å². The lowest BCUT2D eigenvalue weighted by atomic mass is 10.0. The third-order valence-corrected chi connectivity index (χ3v) is 5.21. The Labute approximate surface area is 198 Å². The number of anilines is 1. The summed E-state index contributed by atoms with van der Waals surface area (Å²) in [5, 5.41) is 6.66. The number of pyridine rings is 1. The van der Waals surface area contributed by atoms with Crippen LogP contribution >= 0.6 is 0 Å². The second kappa shape index (κ2) is 9.79. The Morgan fingerprint density at radius 2 is 1.74 bits per heavy atom. The first kappa shape index (κ1) is 23.0. The molecule has 0 unspecified atom stereocenters. The van der Waals surface area contributed by atoms with E-state index in [4.69, 9.17) is 4.74 Å². The molecule has 2 aromatic carbocycles. The van der Waals surface area contributed by atoms with Gasteiger partial charge >= 0.3 is 6.09 Å². The van der Waals surface area contributed by atoms with Gasteiger partial charge in [-0.25, -0.2) is 9.78 Å². The van der Waals surface area contributed by atoms with Gasteiger partial charge in [0.05, 0.1) is 0 Å². The molecule has 1 atom stereocenters. The molecule has 2 aromatic heterocycles. The Morgan fingerprint density at radius 1 is 1.00 bits per heavy atom. The number of carbonyl (C=O) groups excluding carboxylic acids is 2. The van der Waals surface area contributed by atoms with Gasteiger partial charge in [0.1, 0.15) is 17.3 Å². The Morgan fingerprint density at radius 3 is 2.44 bits per heavy atom. The van der Waals surface area contributed by atoms with Crippen molar-refractivity contribution >= 4 is 28.7 Å². The minimum Gasteiger partial charge on any atom is -0.444 e. The van der Waals surface area contributed by atoms with Crippen LogP contribution in [0.3, 0.4) is 0 Å². The van der Waals surface area contributed by atoms with Gasteiger partial charge < -0.3 is 20.4 Å². The summed E-state index contributed by atoms with van der Waals surface area (Å²) in [5.41, 5.74) is 3.80. The van der Waals surface area contributed by atoms with Crippen LogP contribution in [0, 0.1) is 0 Å². The van der Waals surface area contributed by atoms with E-state index in [2.05, 4.69) is 20.6 Å². The highest BCUT2D eigenvalue weighted by molar-refractivity contribution is 5.97.